The van der Waals surface area contributed by atoms with Crippen LogP contribution in [0.5, 0.6) is 0 Å². The van der Waals surface area contributed by atoms with Gasteiger partial charge in [-0.1, -0.05) is 11.6 Å². The Morgan fingerprint density at radius 1 is 0.808 bits per heavy atom. The molecule has 1 N–H and O–H groups in total. The molecule has 1 heterocycles. The quantitative estimate of drug-likeness (QED) is 0.539. The standard InChI is InChI=1S/C16H8ClF6N3/c17-10-1-2-13-12(6-10)14(25-7-24-13)26-11-4-8(15(18,19)20)3-9(5-11)16(21,22)23/h1-7H,(H,24,25,26). The van der Waals surface area contributed by atoms with Crippen molar-refractivity contribution >= 4 is 34.0 Å². The van der Waals surface area contributed by atoms with E-state index in [4.69, 9.17) is 11.6 Å². The highest BCUT2D eigenvalue weighted by Crippen LogP contribution is 2.38. The van der Waals surface area contributed by atoms with Crippen LogP contribution in [0.4, 0.5) is 37.8 Å². The molecule has 3 nitrogen and oxygen atoms in total. The molecule has 0 saturated heterocycles. The van der Waals surface area contributed by atoms with Crippen LogP contribution in [-0.4, -0.2) is 9.97 Å². The van der Waals surface area contributed by atoms with Crippen molar-refractivity contribution in [3.8, 4) is 0 Å². The Morgan fingerprint density at radius 3 is 2.00 bits per heavy atom. The zero-order valence-electron chi connectivity index (χ0n) is 12.6. The average Bonchev–Trinajstić information content (AvgIpc) is 2.53. The second-order valence-corrected chi connectivity index (χ2v) is 5.74. The van der Waals surface area contributed by atoms with Crippen LogP contribution < -0.4 is 5.32 Å². The number of halogens is 7. The van der Waals surface area contributed by atoms with Crippen LogP contribution in [0.25, 0.3) is 10.9 Å². The SMILES string of the molecule is FC(F)(F)c1cc(Nc2ncnc3ccc(Cl)cc23)cc(C(F)(F)F)c1. The highest BCUT2D eigenvalue weighted by molar-refractivity contribution is 6.31. The summed E-state index contributed by atoms with van der Waals surface area (Å²) in [5.74, 6) is 0.0324. The van der Waals surface area contributed by atoms with Crippen LogP contribution in [-0.2, 0) is 12.4 Å². The molecule has 0 unspecified atom stereocenters. The first-order valence-corrected chi connectivity index (χ1v) is 7.38. The van der Waals surface area contributed by atoms with Crippen LogP contribution in [0.1, 0.15) is 11.1 Å². The summed E-state index contributed by atoms with van der Waals surface area (Å²) < 4.78 is 77.7. The van der Waals surface area contributed by atoms with Crippen molar-refractivity contribution in [2.45, 2.75) is 12.4 Å². The molecular formula is C16H8ClF6N3. The van der Waals surface area contributed by atoms with E-state index in [9.17, 15) is 26.3 Å². The number of benzene rings is 2. The summed E-state index contributed by atoms with van der Waals surface area (Å²) in [4.78, 5) is 7.85. The lowest BCUT2D eigenvalue weighted by Crippen LogP contribution is -2.11. The van der Waals surface area contributed by atoms with Gasteiger partial charge in [-0.15, -0.1) is 0 Å². The van der Waals surface area contributed by atoms with Crippen molar-refractivity contribution in [2.24, 2.45) is 0 Å². The fraction of sp³-hybridized carbons (Fsp3) is 0.125. The number of hydrogen-bond donors (Lipinski definition) is 1. The zero-order valence-corrected chi connectivity index (χ0v) is 13.3. The Hall–Kier alpha value is -2.55. The smallest absolute Gasteiger partial charge is 0.340 e. The molecule has 26 heavy (non-hydrogen) atoms. The molecule has 136 valence electrons. The van der Waals surface area contributed by atoms with E-state index in [1.54, 1.807) is 12.1 Å². The third kappa shape index (κ3) is 3.82. The van der Waals surface area contributed by atoms with E-state index in [1.165, 1.54) is 6.07 Å². The van der Waals surface area contributed by atoms with E-state index < -0.39 is 29.2 Å². The predicted octanol–water partition coefficient (Wildman–Crippen LogP) is 6.06. The third-order valence-corrected chi connectivity index (χ3v) is 3.68. The van der Waals surface area contributed by atoms with Crippen molar-refractivity contribution in [1.82, 2.24) is 9.97 Å². The molecule has 10 heteroatoms. The number of nitrogens with one attached hydrogen (secondary N) is 1. The fourth-order valence-electron chi connectivity index (χ4n) is 2.29. The van der Waals surface area contributed by atoms with E-state index in [0.29, 0.717) is 28.1 Å². The van der Waals surface area contributed by atoms with Crippen LogP contribution in [0, 0.1) is 0 Å². The van der Waals surface area contributed by atoms with Crippen molar-refractivity contribution in [1.29, 1.82) is 0 Å². The summed E-state index contributed by atoms with van der Waals surface area (Å²) in [6.07, 6.45) is -8.74. The Labute approximate surface area is 147 Å². The summed E-state index contributed by atoms with van der Waals surface area (Å²) in [5.41, 5.74) is -2.83. The first kappa shape index (κ1) is 18.2. The number of anilines is 2. The van der Waals surface area contributed by atoms with Gasteiger partial charge in [0.15, 0.2) is 0 Å². The molecule has 0 atom stereocenters. The highest BCUT2D eigenvalue weighted by atomic mass is 35.5. The van der Waals surface area contributed by atoms with E-state index >= 15 is 0 Å². The van der Waals surface area contributed by atoms with Gasteiger partial charge >= 0.3 is 12.4 Å². The molecule has 0 radical (unpaired) electrons. The average molecular weight is 392 g/mol. The van der Waals surface area contributed by atoms with Crippen molar-refractivity contribution < 1.29 is 26.3 Å². The molecule has 0 saturated carbocycles. The molecule has 0 spiro atoms. The molecule has 0 aliphatic rings. The number of alkyl halides is 6. The predicted molar refractivity (Wildman–Crippen MR) is 84.3 cm³/mol. The Morgan fingerprint density at radius 2 is 1.42 bits per heavy atom. The van der Waals surface area contributed by atoms with E-state index in [1.807, 2.05) is 0 Å². The maximum atomic E-state index is 12.9. The van der Waals surface area contributed by atoms with Gasteiger partial charge in [-0.05, 0) is 36.4 Å². The molecule has 3 rings (SSSR count). The normalized spacial score (nSPS) is 12.4. The minimum atomic E-state index is -4.94. The second kappa shape index (κ2) is 6.31. The van der Waals surface area contributed by atoms with Crippen LogP contribution in [0.3, 0.4) is 0 Å². The van der Waals surface area contributed by atoms with Gasteiger partial charge in [-0.25, -0.2) is 9.97 Å². The van der Waals surface area contributed by atoms with Crippen LogP contribution >= 0.6 is 11.6 Å². The molecule has 0 aliphatic carbocycles. The van der Waals surface area contributed by atoms with E-state index in [-0.39, 0.29) is 11.9 Å². The maximum Gasteiger partial charge on any atom is 0.416 e. The third-order valence-electron chi connectivity index (χ3n) is 3.45. The molecule has 0 amide bonds. The number of rotatable bonds is 2. The van der Waals surface area contributed by atoms with Gasteiger partial charge in [-0.3, -0.25) is 0 Å². The van der Waals surface area contributed by atoms with Crippen molar-refractivity contribution in [2.75, 3.05) is 5.32 Å². The van der Waals surface area contributed by atoms with Gasteiger partial charge in [0.25, 0.3) is 0 Å². The number of nitrogens with zero attached hydrogens (tertiary/aromatic N) is 2. The Balaban J connectivity index is 2.12. The maximum absolute atomic E-state index is 12.9. The Bertz CT molecular complexity index is 936. The fourth-order valence-corrected chi connectivity index (χ4v) is 2.46. The van der Waals surface area contributed by atoms with Gasteiger partial charge in [0.05, 0.1) is 16.6 Å². The second-order valence-electron chi connectivity index (χ2n) is 5.30. The van der Waals surface area contributed by atoms with Gasteiger partial charge in [0.2, 0.25) is 0 Å². The Kier molecular flexibility index (Phi) is 4.43. The number of hydrogen-bond acceptors (Lipinski definition) is 3. The summed E-state index contributed by atoms with van der Waals surface area (Å²) >= 11 is 5.88. The number of aromatic nitrogens is 2. The van der Waals surface area contributed by atoms with E-state index in [2.05, 4.69) is 15.3 Å². The van der Waals surface area contributed by atoms with Crippen molar-refractivity contribution in [3.63, 3.8) is 0 Å². The summed E-state index contributed by atoms with van der Waals surface area (Å²) in [7, 11) is 0. The molecule has 0 aliphatic heterocycles. The first-order valence-electron chi connectivity index (χ1n) is 7.01. The summed E-state index contributed by atoms with van der Waals surface area (Å²) in [5, 5.41) is 3.16. The largest absolute Gasteiger partial charge is 0.416 e. The summed E-state index contributed by atoms with van der Waals surface area (Å²) in [6, 6.07) is 5.77. The first-order chi connectivity index (χ1) is 12.0. The minimum Gasteiger partial charge on any atom is -0.340 e. The van der Waals surface area contributed by atoms with E-state index in [0.717, 1.165) is 6.33 Å². The number of fused-ring (bicyclic) bond motifs is 1. The van der Waals surface area contributed by atoms with Crippen LogP contribution in [0.2, 0.25) is 5.02 Å². The zero-order chi connectivity index (χ0) is 19.1. The molecule has 1 aromatic heterocycles. The van der Waals surface area contributed by atoms with Gasteiger partial charge in [0.1, 0.15) is 12.1 Å². The lowest BCUT2D eigenvalue weighted by atomic mass is 10.1. The monoisotopic (exact) mass is 391 g/mol. The molecular weight excluding hydrogens is 384 g/mol. The summed E-state index contributed by atoms with van der Waals surface area (Å²) in [6.45, 7) is 0. The van der Waals surface area contributed by atoms with Crippen LogP contribution in [0.15, 0.2) is 42.7 Å². The molecule has 2 aromatic carbocycles. The van der Waals surface area contributed by atoms with Gasteiger partial charge in [-0.2, -0.15) is 26.3 Å². The highest BCUT2D eigenvalue weighted by Gasteiger charge is 2.37. The van der Waals surface area contributed by atoms with Crippen molar-refractivity contribution in [3.05, 3.63) is 58.9 Å². The van der Waals surface area contributed by atoms with Gasteiger partial charge < -0.3 is 5.32 Å². The molecule has 3 aromatic rings. The molecule has 0 bridgehead atoms. The topological polar surface area (TPSA) is 37.8 Å². The minimum absolute atomic E-state index is 0.0324. The lowest BCUT2D eigenvalue weighted by molar-refractivity contribution is -0.143. The molecule has 0 fully saturated rings. The van der Waals surface area contributed by atoms with Gasteiger partial charge in [0, 0.05) is 16.1 Å². The lowest BCUT2D eigenvalue weighted by Gasteiger charge is -2.15.